The van der Waals surface area contributed by atoms with Crippen LogP contribution < -0.4 is 0 Å². The quantitative estimate of drug-likeness (QED) is 0.188. The van der Waals surface area contributed by atoms with E-state index >= 15 is 0 Å². The van der Waals surface area contributed by atoms with Gasteiger partial charge in [-0.15, -0.1) is 0 Å². The highest BCUT2D eigenvalue weighted by Gasteiger charge is 2.20. The molecule has 234 valence electrons. The molecule has 0 atom stereocenters. The topological polar surface area (TPSA) is 56.7 Å². The average Bonchev–Trinajstić information content (AvgIpc) is 3.74. The molecule has 5 heteroatoms. The molecule has 0 aliphatic heterocycles. The van der Waals surface area contributed by atoms with Crippen molar-refractivity contribution >= 4 is 43.7 Å². The highest BCUT2D eigenvalue weighted by molar-refractivity contribution is 6.21. The Morgan fingerprint density at radius 1 is 0.380 bits per heavy atom. The van der Waals surface area contributed by atoms with Crippen LogP contribution in [0, 0.1) is 0 Å². The third-order valence-corrected chi connectivity index (χ3v) is 9.44. The van der Waals surface area contributed by atoms with Gasteiger partial charge in [0, 0.05) is 43.9 Å². The number of para-hydroxylation sites is 1. The molecule has 0 saturated carbocycles. The van der Waals surface area contributed by atoms with E-state index in [4.69, 9.17) is 19.4 Å². The molecule has 3 aromatic heterocycles. The summed E-state index contributed by atoms with van der Waals surface area (Å²) in [4.78, 5) is 14.8. The minimum atomic E-state index is 0.613. The zero-order valence-electron chi connectivity index (χ0n) is 26.9. The monoisotopic (exact) mass is 640 g/mol. The van der Waals surface area contributed by atoms with Crippen LogP contribution in [0.25, 0.3) is 94.7 Å². The summed E-state index contributed by atoms with van der Waals surface area (Å²) in [6.45, 7) is 0. The Hall–Kier alpha value is -6.85. The van der Waals surface area contributed by atoms with E-state index in [0.29, 0.717) is 17.5 Å². The van der Waals surface area contributed by atoms with E-state index in [9.17, 15) is 0 Å². The highest BCUT2D eigenvalue weighted by Crippen LogP contribution is 2.41. The van der Waals surface area contributed by atoms with E-state index in [1.54, 1.807) is 0 Å². The summed E-state index contributed by atoms with van der Waals surface area (Å²) >= 11 is 0. The fraction of sp³-hybridized carbons (Fsp3) is 0. The van der Waals surface area contributed by atoms with Gasteiger partial charge in [0.25, 0.3) is 0 Å². The van der Waals surface area contributed by atoms with E-state index in [1.165, 1.54) is 10.9 Å². The second kappa shape index (κ2) is 11.4. The second-order valence-corrected chi connectivity index (χ2v) is 12.5. The number of aromatic nitrogens is 4. The van der Waals surface area contributed by atoms with Crippen molar-refractivity contribution in [3.63, 3.8) is 0 Å². The van der Waals surface area contributed by atoms with Crippen LogP contribution in [0.4, 0.5) is 0 Å². The van der Waals surface area contributed by atoms with Gasteiger partial charge in [0.05, 0.1) is 11.0 Å². The molecule has 0 unspecified atom stereocenters. The lowest BCUT2D eigenvalue weighted by Gasteiger charge is -2.10. The molecule has 0 saturated heterocycles. The smallest absolute Gasteiger partial charge is 0.164 e. The Bertz CT molecular complexity index is 2800. The van der Waals surface area contributed by atoms with Crippen molar-refractivity contribution in [1.29, 1.82) is 0 Å². The summed E-state index contributed by atoms with van der Waals surface area (Å²) in [7, 11) is 0. The van der Waals surface area contributed by atoms with Crippen molar-refractivity contribution in [2.75, 3.05) is 0 Å². The van der Waals surface area contributed by atoms with Crippen molar-refractivity contribution in [3.05, 3.63) is 170 Å². The Balaban J connectivity index is 1.19. The van der Waals surface area contributed by atoms with E-state index in [-0.39, 0.29) is 0 Å². The number of hydrogen-bond acceptors (Lipinski definition) is 4. The molecule has 0 fully saturated rings. The van der Waals surface area contributed by atoms with Gasteiger partial charge in [0.1, 0.15) is 5.58 Å². The fourth-order valence-corrected chi connectivity index (χ4v) is 7.08. The van der Waals surface area contributed by atoms with Crippen molar-refractivity contribution in [2.45, 2.75) is 0 Å². The van der Waals surface area contributed by atoms with Gasteiger partial charge in [-0.1, -0.05) is 127 Å². The van der Waals surface area contributed by atoms with Crippen LogP contribution in [0.3, 0.4) is 0 Å². The highest BCUT2D eigenvalue weighted by atomic mass is 16.3. The van der Waals surface area contributed by atoms with Crippen LogP contribution in [0.15, 0.2) is 174 Å². The number of rotatable bonds is 5. The SMILES string of the molecule is c1ccc(-c2cccc(-n3c4ccccc4c4ccc5c6cc(-c7nc(-c8ccccc8)nc(-c8ccccc8)n7)ccc6oc5c43)c2)cc1. The zero-order chi connectivity index (χ0) is 33.0. The maximum atomic E-state index is 6.78. The lowest BCUT2D eigenvalue weighted by molar-refractivity contribution is 0.671. The largest absolute Gasteiger partial charge is 0.454 e. The van der Waals surface area contributed by atoms with E-state index in [0.717, 1.165) is 66.3 Å². The molecule has 10 rings (SSSR count). The first kappa shape index (κ1) is 28.2. The molecule has 50 heavy (non-hydrogen) atoms. The zero-order valence-corrected chi connectivity index (χ0v) is 26.9. The van der Waals surface area contributed by atoms with Crippen LogP contribution in [0.5, 0.6) is 0 Å². The number of furan rings is 1. The van der Waals surface area contributed by atoms with Crippen LogP contribution in [-0.2, 0) is 0 Å². The minimum absolute atomic E-state index is 0.613. The van der Waals surface area contributed by atoms with Gasteiger partial charge in [-0.05, 0) is 53.6 Å². The number of benzene rings is 7. The van der Waals surface area contributed by atoms with Crippen LogP contribution in [0.2, 0.25) is 0 Å². The van der Waals surface area contributed by atoms with Gasteiger partial charge in [-0.25, -0.2) is 15.0 Å². The summed E-state index contributed by atoms with van der Waals surface area (Å²) < 4.78 is 9.12. The summed E-state index contributed by atoms with van der Waals surface area (Å²) in [5.41, 5.74) is 10.0. The Morgan fingerprint density at radius 2 is 0.960 bits per heavy atom. The van der Waals surface area contributed by atoms with Crippen molar-refractivity contribution in [3.8, 4) is 51.0 Å². The number of hydrogen-bond donors (Lipinski definition) is 0. The second-order valence-electron chi connectivity index (χ2n) is 12.5. The summed E-state index contributed by atoms with van der Waals surface area (Å²) in [5, 5.41) is 4.38. The Labute approximate surface area is 287 Å². The minimum Gasteiger partial charge on any atom is -0.454 e. The lowest BCUT2D eigenvalue weighted by atomic mass is 10.0. The van der Waals surface area contributed by atoms with Crippen molar-refractivity contribution < 1.29 is 4.42 Å². The molecule has 0 N–H and O–H groups in total. The molecular formula is C45H28N4O. The summed E-state index contributed by atoms with van der Waals surface area (Å²) in [6.07, 6.45) is 0. The molecule has 0 bridgehead atoms. The number of fused-ring (bicyclic) bond motifs is 7. The van der Waals surface area contributed by atoms with Crippen LogP contribution >= 0.6 is 0 Å². The maximum absolute atomic E-state index is 6.78. The van der Waals surface area contributed by atoms with Gasteiger partial charge in [0.15, 0.2) is 23.1 Å². The molecule has 10 aromatic rings. The van der Waals surface area contributed by atoms with Gasteiger partial charge in [-0.3, -0.25) is 0 Å². The van der Waals surface area contributed by atoms with E-state index in [2.05, 4.69) is 102 Å². The molecule has 0 aliphatic carbocycles. The fourth-order valence-electron chi connectivity index (χ4n) is 7.08. The molecule has 0 aliphatic rings. The van der Waals surface area contributed by atoms with Gasteiger partial charge >= 0.3 is 0 Å². The molecule has 3 heterocycles. The van der Waals surface area contributed by atoms with Gasteiger partial charge in [0.2, 0.25) is 0 Å². The Kier molecular flexibility index (Phi) is 6.42. The number of nitrogens with zero attached hydrogens (tertiary/aromatic N) is 4. The molecule has 0 spiro atoms. The molecule has 0 radical (unpaired) electrons. The molecular weight excluding hydrogens is 613 g/mol. The average molecular weight is 641 g/mol. The summed E-state index contributed by atoms with van der Waals surface area (Å²) in [5.74, 6) is 1.88. The molecule has 7 aromatic carbocycles. The molecule has 0 amide bonds. The van der Waals surface area contributed by atoms with Crippen molar-refractivity contribution in [1.82, 2.24) is 19.5 Å². The first-order chi connectivity index (χ1) is 24.8. The first-order valence-corrected chi connectivity index (χ1v) is 16.7. The third kappa shape index (κ3) is 4.60. The predicted octanol–water partition coefficient (Wildman–Crippen LogP) is 11.5. The third-order valence-electron chi connectivity index (χ3n) is 9.44. The lowest BCUT2D eigenvalue weighted by Crippen LogP contribution is -2.00. The van der Waals surface area contributed by atoms with Crippen molar-refractivity contribution in [2.24, 2.45) is 0 Å². The normalized spacial score (nSPS) is 11.6. The standard InChI is InChI=1S/C45H28N4O/c1-4-13-29(14-5-1)32-19-12-20-34(27-32)49-39-22-11-10-21-35(39)36-24-25-37-38-28-33(23-26-40(38)50-42(37)41(36)49)45-47-43(30-15-6-2-7-16-30)46-44(48-45)31-17-8-3-9-18-31/h1-28H. The van der Waals surface area contributed by atoms with E-state index in [1.807, 2.05) is 72.8 Å². The predicted molar refractivity (Wildman–Crippen MR) is 203 cm³/mol. The van der Waals surface area contributed by atoms with Gasteiger partial charge in [-0.2, -0.15) is 0 Å². The van der Waals surface area contributed by atoms with Crippen LogP contribution in [-0.4, -0.2) is 19.5 Å². The van der Waals surface area contributed by atoms with Gasteiger partial charge < -0.3 is 8.98 Å². The van der Waals surface area contributed by atoms with Crippen LogP contribution in [0.1, 0.15) is 0 Å². The first-order valence-electron chi connectivity index (χ1n) is 16.7. The molecule has 5 nitrogen and oxygen atoms in total. The maximum Gasteiger partial charge on any atom is 0.164 e. The Morgan fingerprint density at radius 3 is 1.66 bits per heavy atom. The van der Waals surface area contributed by atoms with E-state index < -0.39 is 0 Å². The summed E-state index contributed by atoms with van der Waals surface area (Å²) in [6, 6.07) is 58.6.